The van der Waals surface area contributed by atoms with Gasteiger partial charge in [0, 0.05) is 16.5 Å². The first-order valence-electron chi connectivity index (χ1n) is 6.35. The van der Waals surface area contributed by atoms with Gasteiger partial charge in [0.1, 0.15) is 5.75 Å². The molecule has 3 nitrogen and oxygen atoms in total. The molecule has 0 spiro atoms. The van der Waals surface area contributed by atoms with Crippen LogP contribution in [0.5, 0.6) is 5.75 Å². The lowest BCUT2D eigenvalue weighted by molar-refractivity contribution is 0.0984. The molecule has 0 atom stereocenters. The number of ether oxygens (including phenoxy) is 1. The lowest BCUT2D eigenvalue weighted by Crippen LogP contribution is -2.19. The van der Waals surface area contributed by atoms with Crippen molar-refractivity contribution in [2.75, 3.05) is 13.2 Å². The van der Waals surface area contributed by atoms with Crippen LogP contribution in [0.15, 0.2) is 22.7 Å². The zero-order chi connectivity index (χ0) is 13.0. The summed E-state index contributed by atoms with van der Waals surface area (Å²) in [4.78, 5) is 11.8. The fourth-order valence-electron chi connectivity index (χ4n) is 1.96. The lowest BCUT2D eigenvalue weighted by Gasteiger charge is -2.25. The number of Topliss-reactive ketones (excluding diaryl/α,β-unsaturated/α-hetero) is 1. The van der Waals surface area contributed by atoms with Crippen LogP contribution >= 0.6 is 15.9 Å². The maximum absolute atomic E-state index is 11.8. The van der Waals surface area contributed by atoms with Gasteiger partial charge in [0.2, 0.25) is 0 Å². The summed E-state index contributed by atoms with van der Waals surface area (Å²) in [7, 11) is 0. The molecule has 1 aromatic rings. The van der Waals surface area contributed by atoms with Crippen LogP contribution in [0.3, 0.4) is 0 Å². The first-order chi connectivity index (χ1) is 8.69. The molecule has 0 bridgehead atoms. The van der Waals surface area contributed by atoms with E-state index in [1.807, 2.05) is 12.1 Å². The fraction of sp³-hybridized carbons (Fsp3) is 0.500. The van der Waals surface area contributed by atoms with Crippen LogP contribution in [0.4, 0.5) is 0 Å². The SMILES string of the molecule is NCCC(=O)c1cc(Br)cc(OCC2CCC2)c1. The Labute approximate surface area is 116 Å². The molecule has 1 saturated carbocycles. The third-order valence-electron chi connectivity index (χ3n) is 3.28. The summed E-state index contributed by atoms with van der Waals surface area (Å²) in [6, 6.07) is 5.52. The van der Waals surface area contributed by atoms with Crippen molar-refractivity contribution in [1.29, 1.82) is 0 Å². The van der Waals surface area contributed by atoms with Gasteiger partial charge in [-0.1, -0.05) is 22.4 Å². The molecule has 0 heterocycles. The van der Waals surface area contributed by atoms with Crippen LogP contribution in [0.1, 0.15) is 36.0 Å². The number of hydrogen-bond donors (Lipinski definition) is 1. The van der Waals surface area contributed by atoms with Crippen molar-refractivity contribution in [2.45, 2.75) is 25.7 Å². The quantitative estimate of drug-likeness (QED) is 0.821. The van der Waals surface area contributed by atoms with Crippen LogP contribution in [-0.2, 0) is 0 Å². The van der Waals surface area contributed by atoms with E-state index in [1.165, 1.54) is 19.3 Å². The highest BCUT2D eigenvalue weighted by atomic mass is 79.9. The fourth-order valence-corrected chi connectivity index (χ4v) is 2.43. The minimum Gasteiger partial charge on any atom is -0.493 e. The molecule has 0 radical (unpaired) electrons. The molecule has 0 unspecified atom stereocenters. The summed E-state index contributed by atoms with van der Waals surface area (Å²) >= 11 is 3.41. The minimum absolute atomic E-state index is 0.0623. The molecule has 2 N–H and O–H groups in total. The van der Waals surface area contributed by atoms with Gasteiger partial charge >= 0.3 is 0 Å². The van der Waals surface area contributed by atoms with Gasteiger partial charge in [0.05, 0.1) is 6.61 Å². The number of benzene rings is 1. The van der Waals surface area contributed by atoms with Gasteiger partial charge in [-0.3, -0.25) is 4.79 Å². The highest BCUT2D eigenvalue weighted by Crippen LogP contribution is 2.28. The van der Waals surface area contributed by atoms with E-state index < -0.39 is 0 Å². The maximum Gasteiger partial charge on any atom is 0.164 e. The Hall–Kier alpha value is -0.870. The van der Waals surface area contributed by atoms with Crippen LogP contribution in [-0.4, -0.2) is 18.9 Å². The second kappa shape index (κ2) is 6.34. The lowest BCUT2D eigenvalue weighted by atomic mass is 9.86. The standard InChI is InChI=1S/C14H18BrNO2/c15-12-6-11(14(17)4-5-16)7-13(8-12)18-9-10-2-1-3-10/h6-8,10H,1-5,9,16H2. The Kier molecular flexibility index (Phi) is 4.78. The Bertz CT molecular complexity index is 430. The summed E-state index contributed by atoms with van der Waals surface area (Å²) in [5, 5.41) is 0. The van der Waals surface area contributed by atoms with Crippen molar-refractivity contribution in [1.82, 2.24) is 0 Å². The highest BCUT2D eigenvalue weighted by molar-refractivity contribution is 9.10. The minimum atomic E-state index is 0.0623. The van der Waals surface area contributed by atoms with E-state index in [2.05, 4.69) is 15.9 Å². The van der Waals surface area contributed by atoms with Gasteiger partial charge in [0.25, 0.3) is 0 Å². The summed E-state index contributed by atoms with van der Waals surface area (Å²) in [6.07, 6.45) is 4.20. The molecular formula is C14H18BrNO2. The normalized spacial score (nSPS) is 15.2. The molecular weight excluding hydrogens is 294 g/mol. The Balaban J connectivity index is 2.02. The van der Waals surface area contributed by atoms with Gasteiger partial charge in [-0.15, -0.1) is 0 Å². The van der Waals surface area contributed by atoms with Crippen molar-refractivity contribution < 1.29 is 9.53 Å². The number of nitrogens with two attached hydrogens (primary N) is 1. The van der Waals surface area contributed by atoms with Crippen molar-refractivity contribution in [3.8, 4) is 5.75 Å². The zero-order valence-electron chi connectivity index (χ0n) is 10.3. The Morgan fingerprint density at radius 1 is 1.39 bits per heavy atom. The molecule has 18 heavy (non-hydrogen) atoms. The summed E-state index contributed by atoms with van der Waals surface area (Å²) in [5.41, 5.74) is 6.07. The van der Waals surface area contributed by atoms with E-state index in [-0.39, 0.29) is 5.78 Å². The topological polar surface area (TPSA) is 52.3 Å². The number of ketones is 1. The maximum atomic E-state index is 11.8. The van der Waals surface area contributed by atoms with Gasteiger partial charge in [-0.2, -0.15) is 0 Å². The number of halogens is 1. The van der Waals surface area contributed by atoms with E-state index in [9.17, 15) is 4.79 Å². The van der Waals surface area contributed by atoms with E-state index in [4.69, 9.17) is 10.5 Å². The van der Waals surface area contributed by atoms with Crippen molar-refractivity contribution >= 4 is 21.7 Å². The third kappa shape index (κ3) is 3.56. The Morgan fingerprint density at radius 2 is 2.17 bits per heavy atom. The third-order valence-corrected chi connectivity index (χ3v) is 3.73. The number of rotatable bonds is 6. The average molecular weight is 312 g/mol. The first-order valence-corrected chi connectivity index (χ1v) is 7.15. The largest absolute Gasteiger partial charge is 0.493 e. The molecule has 1 aliphatic carbocycles. The highest BCUT2D eigenvalue weighted by Gasteiger charge is 2.18. The second-order valence-corrected chi connectivity index (χ2v) is 5.66. The molecule has 1 aromatic carbocycles. The van der Waals surface area contributed by atoms with Gasteiger partial charge in [0.15, 0.2) is 5.78 Å². The first kappa shape index (κ1) is 13.6. The van der Waals surface area contributed by atoms with Gasteiger partial charge < -0.3 is 10.5 Å². The van der Waals surface area contributed by atoms with E-state index >= 15 is 0 Å². The average Bonchev–Trinajstić information content (AvgIpc) is 2.26. The van der Waals surface area contributed by atoms with Crippen LogP contribution in [0.25, 0.3) is 0 Å². The molecule has 1 aliphatic rings. The second-order valence-electron chi connectivity index (χ2n) is 4.75. The summed E-state index contributed by atoms with van der Waals surface area (Å²) in [6.45, 7) is 1.13. The molecule has 0 amide bonds. The van der Waals surface area contributed by atoms with E-state index in [1.54, 1.807) is 6.07 Å². The van der Waals surface area contributed by atoms with Crippen LogP contribution < -0.4 is 10.5 Å². The molecule has 98 valence electrons. The van der Waals surface area contributed by atoms with E-state index in [0.717, 1.165) is 16.8 Å². The number of carbonyl (C=O) groups excluding carboxylic acids is 1. The molecule has 0 saturated heterocycles. The smallest absolute Gasteiger partial charge is 0.164 e. The van der Waals surface area contributed by atoms with Crippen molar-refractivity contribution in [2.24, 2.45) is 11.7 Å². The van der Waals surface area contributed by atoms with Crippen molar-refractivity contribution in [3.05, 3.63) is 28.2 Å². The monoisotopic (exact) mass is 311 g/mol. The Morgan fingerprint density at radius 3 is 2.78 bits per heavy atom. The predicted octanol–water partition coefficient (Wildman–Crippen LogP) is 3.16. The predicted molar refractivity (Wildman–Crippen MR) is 75.0 cm³/mol. The van der Waals surface area contributed by atoms with E-state index in [0.29, 0.717) is 24.4 Å². The summed E-state index contributed by atoms with van der Waals surface area (Å²) in [5.74, 6) is 1.51. The molecule has 2 rings (SSSR count). The molecule has 1 fully saturated rings. The summed E-state index contributed by atoms with van der Waals surface area (Å²) < 4.78 is 6.62. The number of hydrogen-bond acceptors (Lipinski definition) is 3. The molecule has 0 aromatic heterocycles. The van der Waals surface area contributed by atoms with Gasteiger partial charge in [-0.05, 0) is 43.5 Å². The molecule has 4 heteroatoms. The van der Waals surface area contributed by atoms with Crippen LogP contribution in [0.2, 0.25) is 0 Å². The van der Waals surface area contributed by atoms with Crippen molar-refractivity contribution in [3.63, 3.8) is 0 Å². The zero-order valence-corrected chi connectivity index (χ0v) is 11.9. The van der Waals surface area contributed by atoms with Crippen LogP contribution in [0, 0.1) is 5.92 Å². The molecule has 0 aliphatic heterocycles. The number of carbonyl (C=O) groups is 1. The van der Waals surface area contributed by atoms with Gasteiger partial charge in [-0.25, -0.2) is 0 Å².